The zero-order valence-electron chi connectivity index (χ0n) is 11.5. The van der Waals surface area contributed by atoms with Crippen molar-refractivity contribution in [3.63, 3.8) is 0 Å². The molecule has 1 aliphatic rings. The minimum Gasteiger partial charge on any atom is -0.375 e. The second-order valence-corrected chi connectivity index (χ2v) is 4.26. The molecule has 0 N–H and O–H groups in total. The number of methoxy groups -OCH3 is 1. The zero-order chi connectivity index (χ0) is 13.5. The first-order chi connectivity index (χ1) is 8.63. The topological polar surface area (TPSA) is 53.1 Å². The van der Waals surface area contributed by atoms with Gasteiger partial charge in [-0.05, 0) is 13.8 Å². The second kappa shape index (κ2) is 7.20. The van der Waals surface area contributed by atoms with E-state index in [-0.39, 0.29) is 18.5 Å². The van der Waals surface area contributed by atoms with E-state index < -0.39 is 0 Å². The van der Waals surface area contributed by atoms with Gasteiger partial charge in [0.1, 0.15) is 6.61 Å². The van der Waals surface area contributed by atoms with E-state index in [2.05, 4.69) is 0 Å². The van der Waals surface area contributed by atoms with Gasteiger partial charge in [0.25, 0.3) is 0 Å². The highest BCUT2D eigenvalue weighted by atomic mass is 16.5. The molecule has 0 bridgehead atoms. The van der Waals surface area contributed by atoms with Crippen molar-refractivity contribution in [1.29, 1.82) is 0 Å². The normalized spacial score (nSPS) is 15.7. The third-order valence-corrected chi connectivity index (χ3v) is 3.20. The summed E-state index contributed by atoms with van der Waals surface area (Å²) in [6.45, 7) is 7.89. The number of carbonyl (C=O) groups is 2. The summed E-state index contributed by atoms with van der Waals surface area (Å²) in [7, 11) is 1.51. The summed E-state index contributed by atoms with van der Waals surface area (Å²) in [4.78, 5) is 29.0. The van der Waals surface area contributed by atoms with Crippen molar-refractivity contribution in [1.82, 2.24) is 14.7 Å². The maximum atomic E-state index is 12.1. The average molecular weight is 257 g/mol. The van der Waals surface area contributed by atoms with E-state index in [1.807, 2.05) is 18.7 Å². The van der Waals surface area contributed by atoms with Crippen LogP contribution < -0.4 is 0 Å². The van der Waals surface area contributed by atoms with E-state index >= 15 is 0 Å². The summed E-state index contributed by atoms with van der Waals surface area (Å²) in [6, 6.07) is 0.0684. The van der Waals surface area contributed by atoms with E-state index in [1.54, 1.807) is 9.80 Å². The number of piperazine rings is 1. The molecule has 1 rings (SSSR count). The number of ether oxygens (including phenoxy) is 1. The lowest BCUT2D eigenvalue weighted by atomic mass is 10.3. The lowest BCUT2D eigenvalue weighted by molar-refractivity contribution is -0.136. The molecule has 104 valence electrons. The van der Waals surface area contributed by atoms with Crippen LogP contribution >= 0.6 is 0 Å². The van der Waals surface area contributed by atoms with Crippen molar-refractivity contribution in [3.05, 3.63) is 0 Å². The smallest absolute Gasteiger partial charge is 0.320 e. The Morgan fingerprint density at radius 3 is 2.00 bits per heavy atom. The molecule has 6 heteroatoms. The molecule has 1 heterocycles. The van der Waals surface area contributed by atoms with Gasteiger partial charge < -0.3 is 19.4 Å². The van der Waals surface area contributed by atoms with Crippen molar-refractivity contribution < 1.29 is 14.3 Å². The molecule has 0 aromatic rings. The summed E-state index contributed by atoms with van der Waals surface area (Å²) in [5.74, 6) is -0.00700. The molecule has 6 nitrogen and oxygen atoms in total. The Labute approximate surface area is 108 Å². The van der Waals surface area contributed by atoms with Crippen LogP contribution in [0.3, 0.4) is 0 Å². The van der Waals surface area contributed by atoms with Gasteiger partial charge in [-0.15, -0.1) is 0 Å². The van der Waals surface area contributed by atoms with E-state index in [1.165, 1.54) is 7.11 Å². The van der Waals surface area contributed by atoms with Crippen molar-refractivity contribution in [2.75, 3.05) is 53.0 Å². The minimum absolute atomic E-state index is 0.00700. The molecular weight excluding hydrogens is 234 g/mol. The summed E-state index contributed by atoms with van der Waals surface area (Å²) in [5, 5.41) is 0. The van der Waals surface area contributed by atoms with Crippen LogP contribution in [0, 0.1) is 0 Å². The van der Waals surface area contributed by atoms with Crippen LogP contribution in [0.1, 0.15) is 13.8 Å². The van der Waals surface area contributed by atoms with E-state index in [0.29, 0.717) is 26.2 Å². The summed E-state index contributed by atoms with van der Waals surface area (Å²) in [5.41, 5.74) is 0. The highest BCUT2D eigenvalue weighted by Gasteiger charge is 2.25. The van der Waals surface area contributed by atoms with Gasteiger partial charge in [0.15, 0.2) is 0 Å². The Hall–Kier alpha value is -1.30. The van der Waals surface area contributed by atoms with Crippen LogP contribution in [-0.4, -0.2) is 79.6 Å². The molecule has 0 spiro atoms. The number of urea groups is 1. The predicted molar refractivity (Wildman–Crippen MR) is 68.3 cm³/mol. The van der Waals surface area contributed by atoms with Gasteiger partial charge in [0.05, 0.1) is 0 Å². The Balaban J connectivity index is 2.43. The number of hydrogen-bond donors (Lipinski definition) is 0. The van der Waals surface area contributed by atoms with Crippen molar-refractivity contribution in [2.45, 2.75) is 13.8 Å². The van der Waals surface area contributed by atoms with Crippen molar-refractivity contribution in [2.24, 2.45) is 0 Å². The molecule has 1 fully saturated rings. The molecule has 1 aliphatic heterocycles. The van der Waals surface area contributed by atoms with E-state index in [4.69, 9.17) is 4.74 Å². The minimum atomic E-state index is -0.00700. The van der Waals surface area contributed by atoms with Gasteiger partial charge in [0.2, 0.25) is 5.91 Å². The molecule has 0 aliphatic carbocycles. The van der Waals surface area contributed by atoms with Gasteiger partial charge in [-0.1, -0.05) is 0 Å². The second-order valence-electron chi connectivity index (χ2n) is 4.26. The number of rotatable bonds is 4. The van der Waals surface area contributed by atoms with Crippen LogP contribution in [0.15, 0.2) is 0 Å². The molecule has 3 amide bonds. The first kappa shape index (κ1) is 14.8. The Bertz CT molecular complexity index is 284. The standard InChI is InChI=1S/C12H23N3O3/c1-4-13(5-2)12(17)15-8-6-14(7-9-15)11(16)10-18-3/h4-10H2,1-3H3. The molecule has 1 saturated heterocycles. The van der Waals surface area contributed by atoms with Crippen LogP contribution in [0.5, 0.6) is 0 Å². The highest BCUT2D eigenvalue weighted by Crippen LogP contribution is 2.06. The van der Waals surface area contributed by atoms with E-state index in [0.717, 1.165) is 13.1 Å². The predicted octanol–water partition coefficient (Wildman–Crippen LogP) is 0.239. The van der Waals surface area contributed by atoms with Gasteiger partial charge in [0, 0.05) is 46.4 Å². The molecule has 0 atom stereocenters. The Morgan fingerprint density at radius 2 is 1.56 bits per heavy atom. The van der Waals surface area contributed by atoms with Gasteiger partial charge >= 0.3 is 6.03 Å². The lowest BCUT2D eigenvalue weighted by Gasteiger charge is -2.37. The maximum absolute atomic E-state index is 12.1. The SMILES string of the molecule is CCN(CC)C(=O)N1CCN(C(=O)COC)CC1. The van der Waals surface area contributed by atoms with Crippen LogP contribution in [0.4, 0.5) is 4.79 Å². The van der Waals surface area contributed by atoms with Crippen molar-refractivity contribution >= 4 is 11.9 Å². The molecular formula is C12H23N3O3. The van der Waals surface area contributed by atoms with Crippen LogP contribution in [-0.2, 0) is 9.53 Å². The fraction of sp³-hybridized carbons (Fsp3) is 0.833. The van der Waals surface area contributed by atoms with Crippen LogP contribution in [0.25, 0.3) is 0 Å². The fourth-order valence-electron chi connectivity index (χ4n) is 2.06. The van der Waals surface area contributed by atoms with E-state index in [9.17, 15) is 9.59 Å². The largest absolute Gasteiger partial charge is 0.375 e. The van der Waals surface area contributed by atoms with Gasteiger partial charge in [-0.3, -0.25) is 4.79 Å². The average Bonchev–Trinajstić information content (AvgIpc) is 2.40. The first-order valence-electron chi connectivity index (χ1n) is 6.44. The highest BCUT2D eigenvalue weighted by molar-refractivity contribution is 5.78. The molecule has 0 aromatic heterocycles. The van der Waals surface area contributed by atoms with Crippen molar-refractivity contribution in [3.8, 4) is 0 Å². The number of carbonyl (C=O) groups excluding carboxylic acids is 2. The third kappa shape index (κ3) is 3.60. The maximum Gasteiger partial charge on any atom is 0.320 e. The first-order valence-corrected chi connectivity index (χ1v) is 6.44. The molecule has 18 heavy (non-hydrogen) atoms. The number of amides is 3. The number of hydrogen-bond acceptors (Lipinski definition) is 3. The summed E-state index contributed by atoms with van der Waals surface area (Å²) < 4.78 is 4.82. The number of nitrogens with zero attached hydrogens (tertiary/aromatic N) is 3. The quantitative estimate of drug-likeness (QED) is 0.725. The van der Waals surface area contributed by atoms with Gasteiger partial charge in [-0.2, -0.15) is 0 Å². The Morgan fingerprint density at radius 1 is 1.06 bits per heavy atom. The molecule has 0 radical (unpaired) electrons. The molecule has 0 aromatic carbocycles. The lowest BCUT2D eigenvalue weighted by Crippen LogP contribution is -2.54. The van der Waals surface area contributed by atoms with Gasteiger partial charge in [-0.25, -0.2) is 4.79 Å². The monoisotopic (exact) mass is 257 g/mol. The summed E-state index contributed by atoms with van der Waals surface area (Å²) >= 11 is 0. The zero-order valence-corrected chi connectivity index (χ0v) is 11.5. The Kier molecular flexibility index (Phi) is 5.91. The summed E-state index contributed by atoms with van der Waals surface area (Å²) in [6.07, 6.45) is 0. The fourth-order valence-corrected chi connectivity index (χ4v) is 2.06. The molecule has 0 saturated carbocycles. The van der Waals surface area contributed by atoms with Crippen LogP contribution in [0.2, 0.25) is 0 Å². The molecule has 0 unspecified atom stereocenters. The third-order valence-electron chi connectivity index (χ3n) is 3.20.